The Labute approximate surface area is 173 Å². The molecular weight excluding hydrogens is 374 g/mol. The van der Waals surface area contributed by atoms with Gasteiger partial charge in [-0.3, -0.25) is 14.5 Å². The van der Waals surface area contributed by atoms with Crippen molar-refractivity contribution in [2.75, 3.05) is 32.7 Å². The third-order valence-electron chi connectivity index (χ3n) is 6.09. The van der Waals surface area contributed by atoms with Crippen LogP contribution < -0.4 is 5.32 Å². The molecule has 2 aliphatic rings. The number of carbonyl (C=O) groups is 2. The highest BCUT2D eigenvalue weighted by Crippen LogP contribution is 2.32. The molecule has 2 amide bonds. The van der Waals surface area contributed by atoms with E-state index < -0.39 is 0 Å². The van der Waals surface area contributed by atoms with Crippen LogP contribution in [0.5, 0.6) is 0 Å². The smallest absolute Gasteiger partial charge is 0.225 e. The molecule has 1 aromatic rings. The molecule has 1 N–H and O–H groups in total. The number of rotatable bonds is 8. The molecule has 0 aromatic heterocycles. The molecule has 0 spiro atoms. The van der Waals surface area contributed by atoms with E-state index in [2.05, 4.69) is 24.1 Å². The summed E-state index contributed by atoms with van der Waals surface area (Å²) in [4.78, 5) is 29.2. The van der Waals surface area contributed by atoms with E-state index in [-0.39, 0.29) is 23.8 Å². The first kappa shape index (κ1) is 21.1. The van der Waals surface area contributed by atoms with E-state index in [1.807, 2.05) is 29.2 Å². The van der Waals surface area contributed by atoms with Crippen LogP contribution >= 0.6 is 11.6 Å². The van der Waals surface area contributed by atoms with Crippen LogP contribution in [-0.4, -0.2) is 54.3 Å². The van der Waals surface area contributed by atoms with Crippen molar-refractivity contribution in [2.24, 2.45) is 11.8 Å². The van der Waals surface area contributed by atoms with Crippen molar-refractivity contribution < 1.29 is 9.59 Å². The van der Waals surface area contributed by atoms with E-state index in [4.69, 9.17) is 11.6 Å². The SMILES string of the molecule is CCN(CC)C(CNC(=O)C1CCN(C(=O)C2CC2)CC1)c1ccccc1Cl. The van der Waals surface area contributed by atoms with E-state index in [1.165, 1.54) is 0 Å². The lowest BCUT2D eigenvalue weighted by molar-refractivity contribution is -0.136. The fourth-order valence-corrected chi connectivity index (χ4v) is 4.40. The summed E-state index contributed by atoms with van der Waals surface area (Å²) in [6.45, 7) is 8.00. The highest BCUT2D eigenvalue weighted by atomic mass is 35.5. The lowest BCUT2D eigenvalue weighted by Crippen LogP contribution is -2.45. The van der Waals surface area contributed by atoms with Crippen molar-refractivity contribution in [1.82, 2.24) is 15.1 Å². The number of likely N-dealkylation sites (tertiary alicyclic amines) is 1. The molecule has 5 nitrogen and oxygen atoms in total. The van der Waals surface area contributed by atoms with Gasteiger partial charge < -0.3 is 10.2 Å². The van der Waals surface area contributed by atoms with Crippen LogP contribution in [0.1, 0.15) is 51.1 Å². The molecule has 1 aliphatic carbocycles. The molecule has 28 heavy (non-hydrogen) atoms. The molecule has 1 saturated heterocycles. The molecule has 1 atom stereocenters. The molecule has 3 rings (SSSR count). The Morgan fingerprint density at radius 2 is 1.75 bits per heavy atom. The van der Waals surface area contributed by atoms with Gasteiger partial charge in [-0.1, -0.05) is 43.6 Å². The molecule has 1 saturated carbocycles. The van der Waals surface area contributed by atoms with Gasteiger partial charge in [0.15, 0.2) is 0 Å². The number of likely N-dealkylation sites (N-methyl/N-ethyl adjacent to an activating group) is 1. The summed E-state index contributed by atoms with van der Waals surface area (Å²) < 4.78 is 0. The van der Waals surface area contributed by atoms with Crippen LogP contribution in [-0.2, 0) is 9.59 Å². The van der Waals surface area contributed by atoms with Crippen LogP contribution in [0.2, 0.25) is 5.02 Å². The summed E-state index contributed by atoms with van der Waals surface area (Å²) in [7, 11) is 0. The van der Waals surface area contributed by atoms with E-state index in [0.29, 0.717) is 25.5 Å². The third kappa shape index (κ3) is 5.06. The van der Waals surface area contributed by atoms with Gasteiger partial charge in [0.05, 0.1) is 6.04 Å². The predicted molar refractivity (Wildman–Crippen MR) is 112 cm³/mol. The minimum absolute atomic E-state index is 0.00754. The van der Waals surface area contributed by atoms with Crippen molar-refractivity contribution >= 4 is 23.4 Å². The number of nitrogens with zero attached hydrogens (tertiary/aromatic N) is 2. The van der Waals surface area contributed by atoms with Crippen LogP contribution in [0.3, 0.4) is 0 Å². The summed E-state index contributed by atoms with van der Waals surface area (Å²) in [6.07, 6.45) is 3.58. The van der Waals surface area contributed by atoms with Gasteiger partial charge in [0.2, 0.25) is 11.8 Å². The maximum absolute atomic E-state index is 12.8. The molecule has 0 bridgehead atoms. The van der Waals surface area contributed by atoms with Gasteiger partial charge in [0.1, 0.15) is 0 Å². The van der Waals surface area contributed by atoms with Crippen molar-refractivity contribution in [3.8, 4) is 0 Å². The standard InChI is InChI=1S/C22H32ClN3O2/c1-3-25(4-2)20(18-7-5-6-8-19(18)23)15-24-21(27)16-11-13-26(14-12-16)22(28)17-9-10-17/h5-8,16-17,20H,3-4,9-15H2,1-2H3,(H,24,27). The minimum Gasteiger partial charge on any atom is -0.354 e. The van der Waals surface area contributed by atoms with Gasteiger partial charge >= 0.3 is 0 Å². The summed E-state index contributed by atoms with van der Waals surface area (Å²) in [5.74, 6) is 0.643. The van der Waals surface area contributed by atoms with Crippen LogP contribution in [0.25, 0.3) is 0 Å². The predicted octanol–water partition coefficient (Wildman–Crippen LogP) is 3.49. The maximum Gasteiger partial charge on any atom is 0.225 e. The first-order valence-electron chi connectivity index (χ1n) is 10.6. The Morgan fingerprint density at radius 3 is 2.32 bits per heavy atom. The van der Waals surface area contributed by atoms with Gasteiger partial charge in [0.25, 0.3) is 0 Å². The summed E-state index contributed by atoms with van der Waals surface area (Å²) in [6, 6.07) is 7.93. The van der Waals surface area contributed by atoms with Crippen LogP contribution in [0.4, 0.5) is 0 Å². The lowest BCUT2D eigenvalue weighted by atomic mass is 9.95. The Morgan fingerprint density at radius 1 is 1.11 bits per heavy atom. The summed E-state index contributed by atoms with van der Waals surface area (Å²) >= 11 is 6.44. The zero-order valence-corrected chi connectivity index (χ0v) is 17.8. The van der Waals surface area contributed by atoms with Crippen molar-refractivity contribution in [1.29, 1.82) is 0 Å². The molecule has 1 aliphatic heterocycles. The van der Waals surface area contributed by atoms with E-state index in [9.17, 15) is 9.59 Å². The van der Waals surface area contributed by atoms with Gasteiger partial charge in [-0.25, -0.2) is 0 Å². The third-order valence-corrected chi connectivity index (χ3v) is 6.44. The molecule has 154 valence electrons. The number of amides is 2. The normalized spacial score (nSPS) is 18.9. The fraction of sp³-hybridized carbons (Fsp3) is 0.636. The minimum atomic E-state index is -0.00754. The van der Waals surface area contributed by atoms with Crippen LogP contribution in [0.15, 0.2) is 24.3 Å². The Balaban J connectivity index is 1.56. The number of carbonyl (C=O) groups excluding carboxylic acids is 2. The maximum atomic E-state index is 12.8. The number of halogens is 1. The first-order chi connectivity index (χ1) is 13.5. The fourth-order valence-electron chi connectivity index (χ4n) is 4.14. The molecule has 1 heterocycles. The summed E-state index contributed by atoms with van der Waals surface area (Å²) in [5.41, 5.74) is 1.05. The molecule has 1 unspecified atom stereocenters. The molecule has 2 fully saturated rings. The zero-order chi connectivity index (χ0) is 20.1. The average Bonchev–Trinajstić information content (AvgIpc) is 3.56. The quantitative estimate of drug-likeness (QED) is 0.720. The Kier molecular flexibility index (Phi) is 7.36. The van der Waals surface area contributed by atoms with E-state index >= 15 is 0 Å². The average molecular weight is 406 g/mol. The topological polar surface area (TPSA) is 52.7 Å². The van der Waals surface area contributed by atoms with Crippen molar-refractivity contribution in [3.05, 3.63) is 34.9 Å². The van der Waals surface area contributed by atoms with Gasteiger partial charge in [-0.15, -0.1) is 0 Å². The second kappa shape index (κ2) is 9.75. The van der Waals surface area contributed by atoms with E-state index in [1.54, 1.807) is 0 Å². The van der Waals surface area contributed by atoms with E-state index in [0.717, 1.165) is 49.4 Å². The van der Waals surface area contributed by atoms with Crippen LogP contribution in [0, 0.1) is 11.8 Å². The first-order valence-corrected chi connectivity index (χ1v) is 11.0. The van der Waals surface area contributed by atoms with Crippen molar-refractivity contribution in [2.45, 2.75) is 45.6 Å². The van der Waals surface area contributed by atoms with Gasteiger partial charge in [-0.2, -0.15) is 0 Å². The molecule has 0 radical (unpaired) electrons. The molecule has 1 aromatic carbocycles. The molecular formula is C22H32ClN3O2. The second-order valence-corrected chi connectivity index (χ2v) is 8.28. The van der Waals surface area contributed by atoms with Crippen molar-refractivity contribution in [3.63, 3.8) is 0 Å². The highest BCUT2D eigenvalue weighted by Gasteiger charge is 2.36. The zero-order valence-electron chi connectivity index (χ0n) is 17.0. The number of hydrogen-bond acceptors (Lipinski definition) is 3. The second-order valence-electron chi connectivity index (χ2n) is 7.88. The van der Waals surface area contributed by atoms with Gasteiger partial charge in [0, 0.05) is 36.5 Å². The lowest BCUT2D eigenvalue weighted by Gasteiger charge is -2.33. The number of nitrogens with one attached hydrogen (secondary N) is 1. The monoisotopic (exact) mass is 405 g/mol. The Hall–Kier alpha value is -1.59. The highest BCUT2D eigenvalue weighted by molar-refractivity contribution is 6.31. The van der Waals surface area contributed by atoms with Gasteiger partial charge in [-0.05, 0) is 50.4 Å². The Bertz CT molecular complexity index is 680. The number of benzene rings is 1. The number of piperidine rings is 1. The largest absolute Gasteiger partial charge is 0.354 e. The summed E-state index contributed by atoms with van der Waals surface area (Å²) in [5, 5.41) is 3.90. The molecule has 6 heteroatoms. The number of hydrogen-bond donors (Lipinski definition) is 1.